The SMILES string of the molecule is CCC(C)c1nc(C)ccc1CC(N)=O. The molecule has 15 heavy (non-hydrogen) atoms. The smallest absolute Gasteiger partial charge is 0.221 e. The number of nitrogens with two attached hydrogens (primary N) is 1. The first-order chi connectivity index (χ1) is 7.04. The Labute approximate surface area is 90.7 Å². The van der Waals surface area contributed by atoms with Gasteiger partial charge in [-0.1, -0.05) is 19.9 Å². The number of carbonyl (C=O) groups is 1. The highest BCUT2D eigenvalue weighted by atomic mass is 16.1. The third-order valence-electron chi connectivity index (χ3n) is 2.60. The van der Waals surface area contributed by atoms with E-state index in [2.05, 4.69) is 18.8 Å². The molecule has 0 bridgehead atoms. The van der Waals surface area contributed by atoms with Gasteiger partial charge in [0.15, 0.2) is 0 Å². The third kappa shape index (κ3) is 3.05. The van der Waals surface area contributed by atoms with Crippen LogP contribution in [0.3, 0.4) is 0 Å². The standard InChI is InChI=1S/C12H18N2O/c1-4-8(2)12-10(7-11(13)15)6-5-9(3)14-12/h5-6,8H,4,7H2,1-3H3,(H2,13,15). The van der Waals surface area contributed by atoms with Crippen molar-refractivity contribution in [3.05, 3.63) is 29.1 Å². The highest BCUT2D eigenvalue weighted by molar-refractivity contribution is 5.76. The number of carbonyl (C=O) groups excluding carboxylic acids is 1. The monoisotopic (exact) mass is 206 g/mol. The number of hydrogen-bond acceptors (Lipinski definition) is 2. The van der Waals surface area contributed by atoms with E-state index in [9.17, 15) is 4.79 Å². The van der Waals surface area contributed by atoms with Crippen molar-refractivity contribution in [3.8, 4) is 0 Å². The van der Waals surface area contributed by atoms with Gasteiger partial charge in [0.25, 0.3) is 0 Å². The van der Waals surface area contributed by atoms with Crippen molar-refractivity contribution in [3.63, 3.8) is 0 Å². The highest BCUT2D eigenvalue weighted by Gasteiger charge is 2.12. The summed E-state index contributed by atoms with van der Waals surface area (Å²) in [5.74, 6) is 0.0736. The quantitative estimate of drug-likeness (QED) is 0.818. The van der Waals surface area contributed by atoms with E-state index >= 15 is 0 Å². The van der Waals surface area contributed by atoms with E-state index in [1.54, 1.807) is 0 Å². The number of primary amides is 1. The Bertz CT molecular complexity index is 361. The molecule has 1 atom stereocenters. The average molecular weight is 206 g/mol. The fourth-order valence-corrected chi connectivity index (χ4v) is 1.56. The lowest BCUT2D eigenvalue weighted by Crippen LogP contribution is -2.16. The van der Waals surface area contributed by atoms with Crippen LogP contribution in [0.15, 0.2) is 12.1 Å². The van der Waals surface area contributed by atoms with Crippen molar-refractivity contribution in [2.45, 2.75) is 39.5 Å². The Morgan fingerprint density at radius 2 is 2.20 bits per heavy atom. The topological polar surface area (TPSA) is 56.0 Å². The van der Waals surface area contributed by atoms with Crippen LogP contribution in [-0.4, -0.2) is 10.9 Å². The Balaban J connectivity index is 3.08. The van der Waals surface area contributed by atoms with E-state index < -0.39 is 0 Å². The maximum absolute atomic E-state index is 10.9. The maximum Gasteiger partial charge on any atom is 0.221 e. The molecule has 0 aromatic carbocycles. The number of pyridine rings is 1. The van der Waals surface area contributed by atoms with Gasteiger partial charge in [0, 0.05) is 11.4 Å². The van der Waals surface area contributed by atoms with Gasteiger partial charge in [-0.2, -0.15) is 0 Å². The zero-order valence-corrected chi connectivity index (χ0v) is 9.58. The molecule has 0 aliphatic rings. The van der Waals surface area contributed by atoms with E-state index in [4.69, 9.17) is 5.73 Å². The summed E-state index contributed by atoms with van der Waals surface area (Å²) in [5, 5.41) is 0. The first kappa shape index (κ1) is 11.7. The Kier molecular flexibility index (Phi) is 3.83. The first-order valence-electron chi connectivity index (χ1n) is 5.29. The number of aromatic nitrogens is 1. The van der Waals surface area contributed by atoms with Crippen molar-refractivity contribution in [1.29, 1.82) is 0 Å². The molecule has 1 rings (SSSR count). The van der Waals surface area contributed by atoms with Gasteiger partial charge in [-0.25, -0.2) is 0 Å². The van der Waals surface area contributed by atoms with Crippen molar-refractivity contribution < 1.29 is 4.79 Å². The predicted octanol–water partition coefficient (Wildman–Crippen LogP) is 1.93. The Hall–Kier alpha value is -1.38. The second-order valence-electron chi connectivity index (χ2n) is 3.95. The molecule has 0 fully saturated rings. The summed E-state index contributed by atoms with van der Waals surface area (Å²) in [4.78, 5) is 15.4. The molecule has 1 heterocycles. The zero-order valence-electron chi connectivity index (χ0n) is 9.58. The fraction of sp³-hybridized carbons (Fsp3) is 0.500. The number of amides is 1. The van der Waals surface area contributed by atoms with Crippen LogP contribution in [0.5, 0.6) is 0 Å². The van der Waals surface area contributed by atoms with E-state index in [-0.39, 0.29) is 12.3 Å². The fourth-order valence-electron chi connectivity index (χ4n) is 1.56. The summed E-state index contributed by atoms with van der Waals surface area (Å²) in [7, 11) is 0. The van der Waals surface area contributed by atoms with Gasteiger partial charge in [0.05, 0.1) is 6.42 Å². The highest BCUT2D eigenvalue weighted by Crippen LogP contribution is 2.21. The van der Waals surface area contributed by atoms with Crippen LogP contribution in [0.25, 0.3) is 0 Å². The molecule has 0 aliphatic carbocycles. The number of nitrogens with zero attached hydrogens (tertiary/aromatic N) is 1. The Morgan fingerprint density at radius 1 is 1.53 bits per heavy atom. The molecule has 0 saturated carbocycles. The van der Waals surface area contributed by atoms with Crippen LogP contribution in [-0.2, 0) is 11.2 Å². The molecular weight excluding hydrogens is 188 g/mol. The molecule has 1 unspecified atom stereocenters. The van der Waals surface area contributed by atoms with Crippen LogP contribution >= 0.6 is 0 Å². The molecule has 0 aliphatic heterocycles. The number of rotatable bonds is 4. The molecule has 0 spiro atoms. The van der Waals surface area contributed by atoms with E-state index in [0.29, 0.717) is 5.92 Å². The normalized spacial score (nSPS) is 12.5. The molecule has 3 heteroatoms. The minimum absolute atomic E-state index is 0.285. The summed E-state index contributed by atoms with van der Waals surface area (Å²) in [6.45, 7) is 6.19. The second-order valence-corrected chi connectivity index (χ2v) is 3.95. The first-order valence-corrected chi connectivity index (χ1v) is 5.29. The van der Waals surface area contributed by atoms with Crippen LogP contribution in [0.1, 0.15) is 43.1 Å². The predicted molar refractivity (Wildman–Crippen MR) is 60.6 cm³/mol. The van der Waals surface area contributed by atoms with Gasteiger partial charge in [0.2, 0.25) is 5.91 Å². The lowest BCUT2D eigenvalue weighted by atomic mass is 9.97. The van der Waals surface area contributed by atoms with E-state index in [0.717, 1.165) is 23.4 Å². The molecule has 0 saturated heterocycles. The van der Waals surface area contributed by atoms with Gasteiger partial charge in [-0.3, -0.25) is 9.78 Å². The summed E-state index contributed by atoms with van der Waals surface area (Å²) >= 11 is 0. The molecule has 1 aromatic heterocycles. The lowest BCUT2D eigenvalue weighted by Gasteiger charge is -2.13. The number of hydrogen-bond donors (Lipinski definition) is 1. The second kappa shape index (κ2) is 4.91. The number of aryl methyl sites for hydroxylation is 1. The summed E-state index contributed by atoms with van der Waals surface area (Å²) in [6, 6.07) is 3.87. The van der Waals surface area contributed by atoms with Crippen LogP contribution < -0.4 is 5.73 Å². The van der Waals surface area contributed by atoms with Crippen LogP contribution in [0.4, 0.5) is 0 Å². The average Bonchev–Trinajstić information content (AvgIpc) is 2.19. The molecule has 1 aromatic rings. The summed E-state index contributed by atoms with van der Waals surface area (Å²) < 4.78 is 0. The molecule has 82 valence electrons. The maximum atomic E-state index is 10.9. The van der Waals surface area contributed by atoms with Gasteiger partial charge >= 0.3 is 0 Å². The minimum Gasteiger partial charge on any atom is -0.369 e. The van der Waals surface area contributed by atoms with Gasteiger partial charge < -0.3 is 5.73 Å². The summed E-state index contributed by atoms with van der Waals surface area (Å²) in [5.41, 5.74) is 8.16. The molecule has 1 amide bonds. The van der Waals surface area contributed by atoms with E-state index in [1.807, 2.05) is 19.1 Å². The van der Waals surface area contributed by atoms with Crippen molar-refractivity contribution in [1.82, 2.24) is 4.98 Å². The summed E-state index contributed by atoms with van der Waals surface area (Å²) in [6.07, 6.45) is 1.30. The molecular formula is C12H18N2O. The van der Waals surface area contributed by atoms with Gasteiger partial charge in [-0.05, 0) is 30.9 Å². The van der Waals surface area contributed by atoms with Crippen molar-refractivity contribution >= 4 is 5.91 Å². The molecule has 0 radical (unpaired) electrons. The Morgan fingerprint density at radius 3 is 2.73 bits per heavy atom. The van der Waals surface area contributed by atoms with Crippen molar-refractivity contribution in [2.75, 3.05) is 0 Å². The van der Waals surface area contributed by atoms with Gasteiger partial charge in [0.1, 0.15) is 0 Å². The lowest BCUT2D eigenvalue weighted by molar-refractivity contribution is -0.117. The third-order valence-corrected chi connectivity index (χ3v) is 2.60. The van der Waals surface area contributed by atoms with Crippen LogP contribution in [0, 0.1) is 6.92 Å². The van der Waals surface area contributed by atoms with Crippen LogP contribution in [0.2, 0.25) is 0 Å². The largest absolute Gasteiger partial charge is 0.369 e. The van der Waals surface area contributed by atoms with Crippen molar-refractivity contribution in [2.24, 2.45) is 5.73 Å². The van der Waals surface area contributed by atoms with E-state index in [1.165, 1.54) is 0 Å². The van der Waals surface area contributed by atoms with Gasteiger partial charge in [-0.15, -0.1) is 0 Å². The molecule has 3 nitrogen and oxygen atoms in total. The zero-order chi connectivity index (χ0) is 11.4. The molecule has 2 N–H and O–H groups in total. The minimum atomic E-state index is -0.301.